The van der Waals surface area contributed by atoms with Gasteiger partial charge in [-0.3, -0.25) is 4.79 Å². The summed E-state index contributed by atoms with van der Waals surface area (Å²) >= 11 is 3.60. The zero-order chi connectivity index (χ0) is 19.2. The second-order valence-corrected chi connectivity index (χ2v) is 9.03. The molecule has 0 spiro atoms. The van der Waals surface area contributed by atoms with Gasteiger partial charge in [-0.25, -0.2) is 0 Å². The Hall–Kier alpha value is -2.23. The number of ketones is 1. The molecule has 1 aliphatic carbocycles. The molecule has 0 bridgehead atoms. The molecule has 4 rings (SSSR count). The average molecular weight is 403 g/mol. The first-order valence-corrected chi connectivity index (χ1v) is 11.5. The third-order valence-corrected chi connectivity index (χ3v) is 7.53. The first-order valence-electron chi connectivity index (χ1n) is 9.50. The van der Waals surface area contributed by atoms with E-state index in [9.17, 15) is 4.79 Å². The summed E-state index contributed by atoms with van der Waals surface area (Å²) in [5.74, 6) is 1.98. The lowest BCUT2D eigenvalue weighted by atomic mass is 9.88. The van der Waals surface area contributed by atoms with E-state index >= 15 is 0 Å². The highest BCUT2D eigenvalue weighted by molar-refractivity contribution is 8.21. The molecule has 28 heavy (non-hydrogen) atoms. The second kappa shape index (κ2) is 9.31. The van der Waals surface area contributed by atoms with Crippen molar-refractivity contribution in [3.8, 4) is 0 Å². The minimum absolute atomic E-state index is 0.206. The van der Waals surface area contributed by atoms with Crippen molar-refractivity contribution in [2.45, 2.75) is 24.3 Å². The molecule has 3 aromatic carbocycles. The molecule has 0 heterocycles. The fraction of sp³-hybridized carbons (Fsp3) is 0.160. The summed E-state index contributed by atoms with van der Waals surface area (Å²) in [5.41, 5.74) is 5.61. The van der Waals surface area contributed by atoms with Crippen molar-refractivity contribution in [3.63, 3.8) is 0 Å². The van der Waals surface area contributed by atoms with Gasteiger partial charge in [0.05, 0.1) is 0 Å². The molecule has 0 radical (unpaired) electrons. The number of thioether (sulfide) groups is 2. The van der Waals surface area contributed by atoms with Crippen LogP contribution in [-0.2, 0) is 17.9 Å². The quantitative estimate of drug-likeness (QED) is 0.418. The Morgan fingerprint density at radius 3 is 1.82 bits per heavy atom. The van der Waals surface area contributed by atoms with E-state index in [1.54, 1.807) is 23.5 Å². The van der Waals surface area contributed by atoms with Crippen LogP contribution >= 0.6 is 23.5 Å². The number of fused-ring (bicyclic) bond motifs is 1. The molecule has 3 aromatic rings. The van der Waals surface area contributed by atoms with Gasteiger partial charge in [0.2, 0.25) is 0 Å². The van der Waals surface area contributed by atoms with E-state index in [-0.39, 0.29) is 5.78 Å². The number of carbonyl (C=O) groups excluding carboxylic acids is 1. The number of carbonyl (C=O) groups is 1. The van der Waals surface area contributed by atoms with Gasteiger partial charge in [-0.2, -0.15) is 0 Å². The van der Waals surface area contributed by atoms with E-state index in [2.05, 4.69) is 54.6 Å². The van der Waals surface area contributed by atoms with Crippen molar-refractivity contribution in [1.82, 2.24) is 0 Å². The van der Waals surface area contributed by atoms with Crippen molar-refractivity contribution in [3.05, 3.63) is 117 Å². The summed E-state index contributed by atoms with van der Waals surface area (Å²) in [7, 11) is 0. The Morgan fingerprint density at radius 2 is 1.21 bits per heavy atom. The molecule has 0 amide bonds. The van der Waals surface area contributed by atoms with E-state index in [4.69, 9.17) is 0 Å². The topological polar surface area (TPSA) is 17.1 Å². The molecule has 0 aromatic heterocycles. The standard InChI is InChI=1S/C25H22OS2/c26-24-22-14-8-7-13-21(22)15-16-23(24)25(27-17-19-9-3-1-4-10-19)28-18-20-11-5-2-6-12-20/h1-14H,15-18H2. The zero-order valence-corrected chi connectivity index (χ0v) is 17.3. The molecular weight excluding hydrogens is 380 g/mol. The lowest BCUT2D eigenvalue weighted by Crippen LogP contribution is -2.15. The van der Waals surface area contributed by atoms with Crippen LogP contribution in [-0.4, -0.2) is 5.78 Å². The van der Waals surface area contributed by atoms with Crippen LogP contribution in [0, 0.1) is 0 Å². The Labute approximate surface area is 175 Å². The van der Waals surface area contributed by atoms with Crippen LogP contribution in [0.1, 0.15) is 33.5 Å². The van der Waals surface area contributed by atoms with Gasteiger partial charge >= 0.3 is 0 Å². The molecule has 1 nitrogen and oxygen atoms in total. The summed E-state index contributed by atoms with van der Waals surface area (Å²) in [6.45, 7) is 0. The highest BCUT2D eigenvalue weighted by Gasteiger charge is 2.25. The maximum Gasteiger partial charge on any atom is 0.190 e. The van der Waals surface area contributed by atoms with Crippen molar-refractivity contribution < 1.29 is 4.79 Å². The lowest BCUT2D eigenvalue weighted by molar-refractivity contribution is 0.102. The Morgan fingerprint density at radius 1 is 0.679 bits per heavy atom. The molecule has 0 N–H and O–H groups in total. The molecule has 1 aliphatic rings. The predicted octanol–water partition coefficient (Wildman–Crippen LogP) is 6.89. The lowest BCUT2D eigenvalue weighted by Gasteiger charge is -2.20. The monoisotopic (exact) mass is 402 g/mol. The largest absolute Gasteiger partial charge is 0.289 e. The van der Waals surface area contributed by atoms with E-state index in [0.717, 1.165) is 35.5 Å². The van der Waals surface area contributed by atoms with E-state index in [0.29, 0.717) is 0 Å². The van der Waals surface area contributed by atoms with Gasteiger partial charge < -0.3 is 0 Å². The van der Waals surface area contributed by atoms with Gasteiger partial charge in [0.25, 0.3) is 0 Å². The van der Waals surface area contributed by atoms with Crippen LogP contribution in [0.3, 0.4) is 0 Å². The van der Waals surface area contributed by atoms with Gasteiger partial charge in [-0.05, 0) is 29.5 Å². The van der Waals surface area contributed by atoms with E-state index < -0.39 is 0 Å². The van der Waals surface area contributed by atoms with Gasteiger partial charge in [-0.1, -0.05) is 84.9 Å². The number of aryl methyl sites for hydroxylation is 1. The smallest absolute Gasteiger partial charge is 0.190 e. The van der Waals surface area contributed by atoms with Crippen molar-refractivity contribution >= 4 is 29.3 Å². The van der Waals surface area contributed by atoms with Crippen LogP contribution in [0.2, 0.25) is 0 Å². The summed E-state index contributed by atoms with van der Waals surface area (Å²) < 4.78 is 1.17. The third kappa shape index (κ3) is 4.60. The molecule has 0 fully saturated rings. The van der Waals surface area contributed by atoms with Gasteiger partial charge in [0, 0.05) is 26.9 Å². The molecule has 0 unspecified atom stereocenters. The van der Waals surface area contributed by atoms with Gasteiger partial charge in [0.15, 0.2) is 5.78 Å². The fourth-order valence-electron chi connectivity index (χ4n) is 3.35. The summed E-state index contributed by atoms with van der Waals surface area (Å²) in [4.78, 5) is 13.2. The van der Waals surface area contributed by atoms with E-state index in [1.165, 1.54) is 20.9 Å². The minimum Gasteiger partial charge on any atom is -0.289 e. The van der Waals surface area contributed by atoms with Crippen molar-refractivity contribution in [2.75, 3.05) is 0 Å². The number of benzene rings is 3. The van der Waals surface area contributed by atoms with E-state index in [1.807, 2.05) is 30.3 Å². The van der Waals surface area contributed by atoms with Crippen LogP contribution in [0.5, 0.6) is 0 Å². The molecule has 0 saturated heterocycles. The number of hydrogen-bond acceptors (Lipinski definition) is 3. The number of rotatable bonds is 6. The molecular formula is C25H22OS2. The van der Waals surface area contributed by atoms with Gasteiger partial charge in [0.1, 0.15) is 0 Å². The highest BCUT2D eigenvalue weighted by Crippen LogP contribution is 2.40. The number of allylic oxidation sites excluding steroid dienone is 1. The molecule has 140 valence electrons. The normalized spacial score (nSPS) is 13.3. The highest BCUT2D eigenvalue weighted by atomic mass is 32.2. The molecule has 0 saturated carbocycles. The SMILES string of the molecule is O=C1C(=C(SCc2ccccc2)SCc2ccccc2)CCc2ccccc21. The zero-order valence-electron chi connectivity index (χ0n) is 15.6. The first kappa shape index (κ1) is 19.1. The van der Waals surface area contributed by atoms with Crippen LogP contribution in [0.25, 0.3) is 0 Å². The number of Topliss-reactive ketones (excluding diaryl/α,β-unsaturated/α-hetero) is 1. The predicted molar refractivity (Wildman–Crippen MR) is 122 cm³/mol. The number of hydrogen-bond donors (Lipinski definition) is 0. The minimum atomic E-state index is 0.206. The Kier molecular flexibility index (Phi) is 6.35. The molecule has 3 heteroatoms. The Bertz CT molecular complexity index is 932. The van der Waals surface area contributed by atoms with Crippen LogP contribution < -0.4 is 0 Å². The van der Waals surface area contributed by atoms with Gasteiger partial charge in [-0.15, -0.1) is 23.5 Å². The second-order valence-electron chi connectivity index (χ2n) is 6.80. The summed E-state index contributed by atoms with van der Waals surface area (Å²) in [6.07, 6.45) is 1.77. The summed E-state index contributed by atoms with van der Waals surface area (Å²) in [5, 5.41) is 0. The maximum absolute atomic E-state index is 13.2. The Balaban J connectivity index is 1.60. The van der Waals surface area contributed by atoms with Crippen molar-refractivity contribution in [2.24, 2.45) is 0 Å². The molecule has 0 atom stereocenters. The van der Waals surface area contributed by atoms with Crippen LogP contribution in [0.4, 0.5) is 0 Å². The first-order chi connectivity index (χ1) is 13.8. The third-order valence-electron chi connectivity index (χ3n) is 4.85. The average Bonchev–Trinajstić information content (AvgIpc) is 2.76. The van der Waals surface area contributed by atoms with Crippen molar-refractivity contribution in [1.29, 1.82) is 0 Å². The van der Waals surface area contributed by atoms with Crippen LogP contribution in [0.15, 0.2) is 94.7 Å². The molecule has 0 aliphatic heterocycles. The summed E-state index contributed by atoms with van der Waals surface area (Å²) in [6, 6.07) is 29.0. The fourth-order valence-corrected chi connectivity index (χ4v) is 5.76. The maximum atomic E-state index is 13.2.